The zero-order chi connectivity index (χ0) is 20.9. The van der Waals surface area contributed by atoms with Crippen molar-refractivity contribution in [3.63, 3.8) is 0 Å². The minimum absolute atomic E-state index is 0.0698. The summed E-state index contributed by atoms with van der Waals surface area (Å²) in [4.78, 5) is 15.0. The van der Waals surface area contributed by atoms with Gasteiger partial charge in [-0.3, -0.25) is 4.79 Å². The number of para-hydroxylation sites is 2. The molecule has 30 heavy (non-hydrogen) atoms. The highest BCUT2D eigenvalue weighted by atomic mass is 32.2. The van der Waals surface area contributed by atoms with Crippen LogP contribution in [0.2, 0.25) is 0 Å². The molecule has 2 heterocycles. The quantitative estimate of drug-likeness (QED) is 0.605. The van der Waals surface area contributed by atoms with Gasteiger partial charge in [0.15, 0.2) is 0 Å². The van der Waals surface area contributed by atoms with Gasteiger partial charge >= 0.3 is 0 Å². The number of aromatic nitrogens is 4. The topological polar surface area (TPSA) is 75.9 Å². The third kappa shape index (κ3) is 4.64. The predicted molar refractivity (Wildman–Crippen MR) is 120 cm³/mol. The third-order valence-corrected chi connectivity index (χ3v) is 6.15. The highest BCUT2D eigenvalue weighted by Crippen LogP contribution is 2.29. The van der Waals surface area contributed by atoms with E-state index in [4.69, 9.17) is 0 Å². The van der Waals surface area contributed by atoms with Crippen molar-refractivity contribution >= 4 is 29.0 Å². The standard InChI is InChI=1S/C22H26N6OS/c1-16-10-11-19(17(2)14-16)28-22(24-25-26-28)30-15-21(29)23-18-8-4-5-9-20(18)27-12-6-3-7-13-27/h4-5,8-11,14H,3,6-7,12-13,15H2,1-2H3,(H,23,29). The first-order valence-corrected chi connectivity index (χ1v) is 11.2. The molecule has 0 aliphatic carbocycles. The van der Waals surface area contributed by atoms with Crippen LogP contribution in [-0.2, 0) is 4.79 Å². The summed E-state index contributed by atoms with van der Waals surface area (Å²) in [6.45, 7) is 6.15. The number of thioether (sulfide) groups is 1. The smallest absolute Gasteiger partial charge is 0.234 e. The molecule has 1 aliphatic heterocycles. The zero-order valence-corrected chi connectivity index (χ0v) is 18.2. The van der Waals surface area contributed by atoms with Crippen molar-refractivity contribution in [3.8, 4) is 5.69 Å². The molecule has 1 saturated heterocycles. The second kappa shape index (κ2) is 9.30. The first-order chi connectivity index (χ1) is 14.6. The summed E-state index contributed by atoms with van der Waals surface area (Å²) >= 11 is 1.33. The van der Waals surface area contributed by atoms with E-state index in [1.165, 1.54) is 36.6 Å². The molecular weight excluding hydrogens is 396 g/mol. The summed E-state index contributed by atoms with van der Waals surface area (Å²) in [5.41, 5.74) is 5.15. The predicted octanol–water partition coefficient (Wildman–Crippen LogP) is 4.00. The van der Waals surface area contributed by atoms with E-state index in [2.05, 4.69) is 44.8 Å². The van der Waals surface area contributed by atoms with Crippen molar-refractivity contribution < 1.29 is 4.79 Å². The number of hydrogen-bond donors (Lipinski definition) is 1. The van der Waals surface area contributed by atoms with Gasteiger partial charge in [0, 0.05) is 13.1 Å². The molecule has 4 rings (SSSR count). The Labute approximate surface area is 180 Å². The Kier molecular flexibility index (Phi) is 6.32. The number of carbonyl (C=O) groups excluding carboxylic acids is 1. The summed E-state index contributed by atoms with van der Waals surface area (Å²) in [6, 6.07) is 14.1. The van der Waals surface area contributed by atoms with Crippen molar-refractivity contribution in [1.29, 1.82) is 0 Å². The van der Waals surface area contributed by atoms with Crippen molar-refractivity contribution in [1.82, 2.24) is 20.2 Å². The minimum Gasteiger partial charge on any atom is -0.370 e. The lowest BCUT2D eigenvalue weighted by molar-refractivity contribution is -0.113. The van der Waals surface area contributed by atoms with Crippen LogP contribution < -0.4 is 10.2 Å². The maximum Gasteiger partial charge on any atom is 0.234 e. The molecule has 2 aromatic carbocycles. The lowest BCUT2D eigenvalue weighted by Gasteiger charge is -2.30. The summed E-state index contributed by atoms with van der Waals surface area (Å²) in [7, 11) is 0. The Morgan fingerprint density at radius 2 is 1.87 bits per heavy atom. The van der Waals surface area contributed by atoms with Crippen LogP contribution in [0.5, 0.6) is 0 Å². The Balaban J connectivity index is 1.43. The number of carbonyl (C=O) groups is 1. The van der Waals surface area contributed by atoms with E-state index >= 15 is 0 Å². The molecule has 0 spiro atoms. The van der Waals surface area contributed by atoms with Gasteiger partial charge in [0.2, 0.25) is 11.1 Å². The Morgan fingerprint density at radius 3 is 2.67 bits per heavy atom. The number of piperidine rings is 1. The molecule has 1 fully saturated rings. The van der Waals surface area contributed by atoms with E-state index < -0.39 is 0 Å². The maximum absolute atomic E-state index is 12.7. The molecule has 1 N–H and O–H groups in total. The van der Waals surface area contributed by atoms with Crippen molar-refractivity contribution in [2.24, 2.45) is 0 Å². The molecule has 0 bridgehead atoms. The van der Waals surface area contributed by atoms with E-state index in [0.717, 1.165) is 35.7 Å². The number of nitrogens with zero attached hydrogens (tertiary/aromatic N) is 5. The van der Waals surface area contributed by atoms with Gasteiger partial charge in [0.1, 0.15) is 0 Å². The Morgan fingerprint density at radius 1 is 1.07 bits per heavy atom. The zero-order valence-electron chi connectivity index (χ0n) is 17.3. The molecule has 0 unspecified atom stereocenters. The number of nitrogens with one attached hydrogen (secondary N) is 1. The highest BCUT2D eigenvalue weighted by Gasteiger charge is 2.17. The van der Waals surface area contributed by atoms with E-state index in [1.54, 1.807) is 4.68 Å². The second-order valence-corrected chi connectivity index (χ2v) is 8.51. The first-order valence-electron chi connectivity index (χ1n) is 10.2. The van der Waals surface area contributed by atoms with E-state index in [1.807, 2.05) is 37.3 Å². The number of hydrogen-bond acceptors (Lipinski definition) is 6. The van der Waals surface area contributed by atoms with Gasteiger partial charge in [0.25, 0.3) is 0 Å². The van der Waals surface area contributed by atoms with Crippen LogP contribution in [-0.4, -0.2) is 45.0 Å². The normalized spacial score (nSPS) is 14.0. The Bertz CT molecular complexity index is 1030. The number of tetrazole rings is 1. The van der Waals surface area contributed by atoms with Crippen molar-refractivity contribution in [2.45, 2.75) is 38.3 Å². The number of aryl methyl sites for hydroxylation is 2. The van der Waals surface area contributed by atoms with Gasteiger partial charge in [-0.25, -0.2) is 0 Å². The number of anilines is 2. The molecule has 8 heteroatoms. The molecule has 3 aromatic rings. The van der Waals surface area contributed by atoms with Crippen LogP contribution in [0, 0.1) is 13.8 Å². The largest absolute Gasteiger partial charge is 0.370 e. The fourth-order valence-corrected chi connectivity index (χ4v) is 4.45. The van der Waals surface area contributed by atoms with Crippen LogP contribution >= 0.6 is 11.8 Å². The summed E-state index contributed by atoms with van der Waals surface area (Å²) in [5.74, 6) is 0.166. The lowest BCUT2D eigenvalue weighted by atomic mass is 10.1. The molecule has 1 amide bonds. The average Bonchev–Trinajstić information content (AvgIpc) is 3.22. The summed E-state index contributed by atoms with van der Waals surface area (Å²) in [5, 5.41) is 15.7. The highest BCUT2D eigenvalue weighted by molar-refractivity contribution is 7.99. The van der Waals surface area contributed by atoms with E-state index in [0.29, 0.717) is 5.16 Å². The average molecular weight is 423 g/mol. The number of rotatable bonds is 6. The van der Waals surface area contributed by atoms with Gasteiger partial charge in [-0.05, 0) is 67.3 Å². The molecule has 0 atom stereocenters. The van der Waals surface area contributed by atoms with Gasteiger partial charge in [0.05, 0.1) is 22.8 Å². The van der Waals surface area contributed by atoms with Gasteiger partial charge < -0.3 is 10.2 Å². The summed E-state index contributed by atoms with van der Waals surface area (Å²) in [6.07, 6.45) is 3.66. The molecule has 0 radical (unpaired) electrons. The molecule has 1 aliphatic rings. The van der Waals surface area contributed by atoms with Crippen LogP contribution in [0.1, 0.15) is 30.4 Å². The molecule has 156 valence electrons. The first kappa shape index (κ1) is 20.4. The molecular formula is C22H26N6OS. The van der Waals surface area contributed by atoms with Gasteiger partial charge in [-0.15, -0.1) is 5.10 Å². The fourth-order valence-electron chi connectivity index (χ4n) is 3.77. The van der Waals surface area contributed by atoms with Crippen molar-refractivity contribution in [2.75, 3.05) is 29.1 Å². The van der Waals surface area contributed by atoms with Crippen LogP contribution in [0.15, 0.2) is 47.6 Å². The second-order valence-electron chi connectivity index (χ2n) is 7.56. The lowest BCUT2D eigenvalue weighted by Crippen LogP contribution is -2.30. The van der Waals surface area contributed by atoms with Crippen molar-refractivity contribution in [3.05, 3.63) is 53.6 Å². The van der Waals surface area contributed by atoms with E-state index in [9.17, 15) is 4.79 Å². The maximum atomic E-state index is 12.7. The molecule has 7 nitrogen and oxygen atoms in total. The minimum atomic E-state index is -0.0698. The van der Waals surface area contributed by atoms with Crippen LogP contribution in [0.3, 0.4) is 0 Å². The Hall–Kier alpha value is -2.87. The van der Waals surface area contributed by atoms with Crippen LogP contribution in [0.25, 0.3) is 5.69 Å². The monoisotopic (exact) mass is 422 g/mol. The van der Waals surface area contributed by atoms with E-state index in [-0.39, 0.29) is 11.7 Å². The number of amides is 1. The van der Waals surface area contributed by atoms with Crippen LogP contribution in [0.4, 0.5) is 11.4 Å². The molecule has 1 aromatic heterocycles. The van der Waals surface area contributed by atoms with Gasteiger partial charge in [-0.2, -0.15) is 4.68 Å². The SMILES string of the molecule is Cc1ccc(-n2nnnc2SCC(=O)Nc2ccccc2N2CCCCC2)c(C)c1. The third-order valence-electron chi connectivity index (χ3n) is 5.23. The summed E-state index contributed by atoms with van der Waals surface area (Å²) < 4.78 is 1.69. The fraction of sp³-hybridized carbons (Fsp3) is 0.364. The van der Waals surface area contributed by atoms with Gasteiger partial charge in [-0.1, -0.05) is 41.6 Å². The number of benzene rings is 2. The molecule has 0 saturated carbocycles.